The molecule has 4 rings (SSSR count). The summed E-state index contributed by atoms with van der Waals surface area (Å²) in [6.07, 6.45) is 3.08. The summed E-state index contributed by atoms with van der Waals surface area (Å²) in [6.45, 7) is 0.532. The molecule has 1 heterocycles. The fourth-order valence-electron chi connectivity index (χ4n) is 2.96. The van der Waals surface area contributed by atoms with Gasteiger partial charge >= 0.3 is 0 Å². The van der Waals surface area contributed by atoms with Gasteiger partial charge < -0.3 is 5.32 Å². The predicted octanol–water partition coefficient (Wildman–Crippen LogP) is 3.38. The van der Waals surface area contributed by atoms with Crippen molar-refractivity contribution in [2.24, 2.45) is 0 Å². The minimum absolute atomic E-state index is 0.0720. The molecule has 1 aromatic heterocycles. The molecule has 0 fully saturated rings. The van der Waals surface area contributed by atoms with E-state index in [0.29, 0.717) is 23.5 Å². The van der Waals surface area contributed by atoms with Crippen LogP contribution >= 0.6 is 0 Å². The van der Waals surface area contributed by atoms with E-state index in [9.17, 15) is 13.2 Å². The summed E-state index contributed by atoms with van der Waals surface area (Å²) in [7, 11) is -3.74. The van der Waals surface area contributed by atoms with Crippen molar-refractivity contribution in [3.63, 3.8) is 0 Å². The second kappa shape index (κ2) is 8.80. The van der Waals surface area contributed by atoms with Gasteiger partial charge in [-0.25, -0.2) is 18.1 Å². The fourth-order valence-corrected chi connectivity index (χ4v) is 4.02. The van der Waals surface area contributed by atoms with Crippen molar-refractivity contribution < 1.29 is 13.2 Å². The van der Waals surface area contributed by atoms with Crippen LogP contribution in [0.1, 0.15) is 15.9 Å². The number of carbonyl (C=O) groups excluding carboxylic acids is 1. The number of aromatic nitrogens is 3. The Bertz CT molecular complexity index is 1270. The predicted molar refractivity (Wildman–Crippen MR) is 117 cm³/mol. The van der Waals surface area contributed by atoms with Crippen LogP contribution in [0, 0.1) is 0 Å². The molecule has 8 nitrogen and oxygen atoms in total. The summed E-state index contributed by atoms with van der Waals surface area (Å²) < 4.78 is 29.2. The Kier molecular flexibility index (Phi) is 5.76. The van der Waals surface area contributed by atoms with Crippen molar-refractivity contribution >= 4 is 27.3 Å². The Balaban J connectivity index is 1.44. The van der Waals surface area contributed by atoms with Gasteiger partial charge in [-0.2, -0.15) is 5.10 Å². The minimum Gasteiger partial charge on any atom is -0.322 e. The Morgan fingerprint density at radius 1 is 0.903 bits per heavy atom. The summed E-state index contributed by atoms with van der Waals surface area (Å²) in [5, 5.41) is 6.89. The number of benzene rings is 3. The van der Waals surface area contributed by atoms with Gasteiger partial charge in [0.15, 0.2) is 0 Å². The van der Waals surface area contributed by atoms with E-state index in [4.69, 9.17) is 0 Å². The highest BCUT2D eigenvalue weighted by atomic mass is 32.2. The molecule has 0 radical (unpaired) electrons. The number of carbonyl (C=O) groups is 1. The zero-order valence-corrected chi connectivity index (χ0v) is 17.2. The molecule has 0 aliphatic rings. The maximum absolute atomic E-state index is 12.6. The normalized spacial score (nSPS) is 11.1. The first-order chi connectivity index (χ1) is 15.0. The van der Waals surface area contributed by atoms with E-state index < -0.39 is 10.0 Å². The standard InChI is InChI=1S/C22H19N5O3S/c28-22(25-20-8-4-5-17(13-20)14-27-16-23-15-24-27)18-9-11-21(12-10-18)31(29,30)26-19-6-2-1-3-7-19/h1-13,15-16,26H,14H2,(H,25,28). The van der Waals surface area contributed by atoms with Crippen molar-refractivity contribution in [2.75, 3.05) is 10.0 Å². The first-order valence-corrected chi connectivity index (χ1v) is 10.9. The van der Waals surface area contributed by atoms with Crippen LogP contribution in [0.5, 0.6) is 0 Å². The molecule has 0 bridgehead atoms. The fraction of sp³-hybridized carbons (Fsp3) is 0.0455. The van der Waals surface area contributed by atoms with Crippen LogP contribution in [0.15, 0.2) is 96.4 Å². The second-order valence-corrected chi connectivity index (χ2v) is 8.43. The Hall–Kier alpha value is -3.98. The maximum Gasteiger partial charge on any atom is 0.261 e. The minimum atomic E-state index is -3.74. The number of rotatable bonds is 7. The molecule has 9 heteroatoms. The first kappa shape index (κ1) is 20.3. The molecule has 1 amide bonds. The van der Waals surface area contributed by atoms with Gasteiger partial charge in [-0.1, -0.05) is 30.3 Å². The van der Waals surface area contributed by atoms with Crippen LogP contribution < -0.4 is 10.0 Å². The van der Waals surface area contributed by atoms with Gasteiger partial charge in [-0.15, -0.1) is 0 Å². The van der Waals surface area contributed by atoms with E-state index >= 15 is 0 Å². The molecule has 0 aliphatic carbocycles. The third-order valence-electron chi connectivity index (χ3n) is 4.45. The lowest BCUT2D eigenvalue weighted by molar-refractivity contribution is 0.102. The van der Waals surface area contributed by atoms with Crippen LogP contribution in [0.4, 0.5) is 11.4 Å². The third kappa shape index (κ3) is 5.14. The summed E-state index contributed by atoms with van der Waals surface area (Å²) in [5.74, 6) is -0.335. The first-order valence-electron chi connectivity index (χ1n) is 9.40. The van der Waals surface area contributed by atoms with E-state index in [1.54, 1.807) is 47.4 Å². The number of amides is 1. The van der Waals surface area contributed by atoms with Gasteiger partial charge in [0.1, 0.15) is 12.7 Å². The van der Waals surface area contributed by atoms with Gasteiger partial charge in [0.05, 0.1) is 11.4 Å². The van der Waals surface area contributed by atoms with Crippen LogP contribution in [-0.2, 0) is 16.6 Å². The van der Waals surface area contributed by atoms with Crippen molar-refractivity contribution in [3.05, 3.63) is 103 Å². The number of hydrogen-bond donors (Lipinski definition) is 2. The largest absolute Gasteiger partial charge is 0.322 e. The molecule has 0 aliphatic heterocycles. The Labute approximate surface area is 179 Å². The van der Waals surface area contributed by atoms with Crippen molar-refractivity contribution in [1.29, 1.82) is 0 Å². The van der Waals surface area contributed by atoms with Gasteiger partial charge in [-0.3, -0.25) is 9.52 Å². The van der Waals surface area contributed by atoms with Gasteiger partial charge in [-0.05, 0) is 54.1 Å². The van der Waals surface area contributed by atoms with E-state index in [1.165, 1.54) is 30.6 Å². The summed E-state index contributed by atoms with van der Waals surface area (Å²) in [5.41, 5.74) is 2.40. The quantitative estimate of drug-likeness (QED) is 0.465. The van der Waals surface area contributed by atoms with Gasteiger partial charge in [0, 0.05) is 16.9 Å². The van der Waals surface area contributed by atoms with E-state index in [-0.39, 0.29) is 10.8 Å². The molecule has 4 aromatic rings. The highest BCUT2D eigenvalue weighted by molar-refractivity contribution is 7.92. The van der Waals surface area contributed by atoms with Crippen LogP contribution in [0.2, 0.25) is 0 Å². The molecule has 31 heavy (non-hydrogen) atoms. The molecular weight excluding hydrogens is 414 g/mol. The van der Waals surface area contributed by atoms with Crippen molar-refractivity contribution in [1.82, 2.24) is 14.8 Å². The maximum atomic E-state index is 12.6. The zero-order valence-electron chi connectivity index (χ0n) is 16.3. The highest BCUT2D eigenvalue weighted by Crippen LogP contribution is 2.18. The summed E-state index contributed by atoms with van der Waals surface area (Å²) in [6, 6.07) is 21.8. The molecule has 0 saturated carbocycles. The number of hydrogen-bond acceptors (Lipinski definition) is 5. The van der Waals surface area contributed by atoms with E-state index in [1.807, 2.05) is 18.2 Å². The zero-order chi connectivity index (χ0) is 21.7. The molecule has 0 spiro atoms. The number of sulfonamides is 1. The van der Waals surface area contributed by atoms with Crippen LogP contribution in [-0.4, -0.2) is 29.1 Å². The number of nitrogens with zero attached hydrogens (tertiary/aromatic N) is 3. The van der Waals surface area contributed by atoms with Crippen LogP contribution in [0.3, 0.4) is 0 Å². The number of nitrogens with one attached hydrogen (secondary N) is 2. The average molecular weight is 433 g/mol. The van der Waals surface area contributed by atoms with Crippen molar-refractivity contribution in [3.8, 4) is 0 Å². The Morgan fingerprint density at radius 3 is 2.35 bits per heavy atom. The van der Waals surface area contributed by atoms with Crippen molar-refractivity contribution in [2.45, 2.75) is 11.4 Å². The molecule has 156 valence electrons. The smallest absolute Gasteiger partial charge is 0.261 e. The molecule has 0 unspecified atom stereocenters. The topological polar surface area (TPSA) is 106 Å². The number of para-hydroxylation sites is 1. The molecule has 0 saturated heterocycles. The second-order valence-electron chi connectivity index (χ2n) is 6.74. The van der Waals surface area contributed by atoms with Gasteiger partial charge in [0.25, 0.3) is 15.9 Å². The van der Waals surface area contributed by atoms with E-state index in [0.717, 1.165) is 5.56 Å². The lowest BCUT2D eigenvalue weighted by Gasteiger charge is -2.10. The molecule has 3 aromatic carbocycles. The lowest BCUT2D eigenvalue weighted by Crippen LogP contribution is -2.15. The van der Waals surface area contributed by atoms with Gasteiger partial charge in [0.2, 0.25) is 0 Å². The lowest BCUT2D eigenvalue weighted by atomic mass is 10.1. The highest BCUT2D eigenvalue weighted by Gasteiger charge is 2.15. The SMILES string of the molecule is O=C(Nc1cccc(Cn2cncn2)c1)c1ccc(S(=O)(=O)Nc2ccccc2)cc1. The van der Waals surface area contributed by atoms with E-state index in [2.05, 4.69) is 20.1 Å². The summed E-state index contributed by atoms with van der Waals surface area (Å²) >= 11 is 0. The monoisotopic (exact) mass is 433 g/mol. The molecular formula is C22H19N5O3S. The summed E-state index contributed by atoms with van der Waals surface area (Å²) in [4.78, 5) is 16.6. The Morgan fingerprint density at radius 2 is 1.65 bits per heavy atom. The number of anilines is 2. The average Bonchev–Trinajstić information content (AvgIpc) is 3.27. The molecule has 0 atom stereocenters. The third-order valence-corrected chi connectivity index (χ3v) is 5.85. The molecule has 2 N–H and O–H groups in total. The van der Waals surface area contributed by atoms with Crippen LogP contribution in [0.25, 0.3) is 0 Å².